The van der Waals surface area contributed by atoms with Crippen molar-refractivity contribution in [2.75, 3.05) is 19.8 Å². The molecule has 1 aromatic rings. The number of carbonyl (C=O) groups excluding carboxylic acids is 2. The molecular formula is C15H18N2O3. The fraction of sp³-hybridized carbons (Fsp3) is 0.467. The van der Waals surface area contributed by atoms with Gasteiger partial charge in [-0.15, -0.1) is 0 Å². The highest BCUT2D eigenvalue weighted by atomic mass is 16.5. The number of rotatable bonds is 2. The molecule has 5 heteroatoms. The number of amides is 2. The molecule has 106 valence electrons. The molecule has 20 heavy (non-hydrogen) atoms. The minimum absolute atomic E-state index is 0.101. The van der Waals surface area contributed by atoms with Crippen molar-refractivity contribution < 1.29 is 14.3 Å². The smallest absolute Gasteiger partial charge is 0.254 e. The molecule has 0 aromatic heterocycles. The number of benzene rings is 1. The molecule has 2 N–H and O–H groups in total. The molecule has 0 saturated carbocycles. The first-order valence-electron chi connectivity index (χ1n) is 6.97. The molecule has 1 fully saturated rings. The lowest BCUT2D eigenvalue weighted by Crippen LogP contribution is -2.54. The molecule has 3 rings (SSSR count). The SMILES string of the molecule is NC(=O)[C@@H]1COCCN1C(=O)c1cccc2c1CCC2. The number of nitrogens with zero attached hydrogens (tertiary/aromatic N) is 1. The molecule has 0 radical (unpaired) electrons. The second kappa shape index (κ2) is 5.25. The van der Waals surface area contributed by atoms with Crippen molar-refractivity contribution in [1.82, 2.24) is 4.90 Å². The summed E-state index contributed by atoms with van der Waals surface area (Å²) in [4.78, 5) is 25.8. The molecular weight excluding hydrogens is 256 g/mol. The van der Waals surface area contributed by atoms with Crippen LogP contribution in [-0.2, 0) is 22.4 Å². The summed E-state index contributed by atoms with van der Waals surface area (Å²) in [5, 5.41) is 0. The lowest BCUT2D eigenvalue weighted by atomic mass is 10.0. The Labute approximate surface area is 117 Å². The van der Waals surface area contributed by atoms with Crippen LogP contribution >= 0.6 is 0 Å². The van der Waals surface area contributed by atoms with Crippen LogP contribution in [0.25, 0.3) is 0 Å². The molecule has 2 amide bonds. The zero-order valence-corrected chi connectivity index (χ0v) is 11.3. The van der Waals surface area contributed by atoms with Crippen LogP contribution in [0.5, 0.6) is 0 Å². The Morgan fingerprint density at radius 3 is 2.95 bits per heavy atom. The van der Waals surface area contributed by atoms with Crippen molar-refractivity contribution in [3.63, 3.8) is 0 Å². The average Bonchev–Trinajstić information content (AvgIpc) is 2.94. The van der Waals surface area contributed by atoms with Crippen LogP contribution in [0.4, 0.5) is 0 Å². The van der Waals surface area contributed by atoms with Gasteiger partial charge in [0.15, 0.2) is 0 Å². The summed E-state index contributed by atoms with van der Waals surface area (Å²) in [6.07, 6.45) is 3.05. The molecule has 1 heterocycles. The Morgan fingerprint density at radius 1 is 1.30 bits per heavy atom. The van der Waals surface area contributed by atoms with E-state index in [1.54, 1.807) is 4.90 Å². The zero-order valence-electron chi connectivity index (χ0n) is 11.3. The van der Waals surface area contributed by atoms with Crippen LogP contribution in [0.2, 0.25) is 0 Å². The largest absolute Gasteiger partial charge is 0.377 e. The zero-order chi connectivity index (χ0) is 14.1. The van der Waals surface area contributed by atoms with Crippen LogP contribution in [-0.4, -0.2) is 42.5 Å². The molecule has 2 aliphatic rings. The Hall–Kier alpha value is -1.88. The topological polar surface area (TPSA) is 72.6 Å². The molecule has 1 atom stereocenters. The van der Waals surface area contributed by atoms with Gasteiger partial charge in [0.25, 0.3) is 5.91 Å². The standard InChI is InChI=1S/C15H18N2O3/c16-14(18)13-9-20-8-7-17(13)15(19)12-6-2-4-10-3-1-5-11(10)12/h2,4,6,13H,1,3,5,7-9H2,(H2,16,18)/t13-/m0/s1. The number of morpholine rings is 1. The van der Waals surface area contributed by atoms with Crippen molar-refractivity contribution in [2.45, 2.75) is 25.3 Å². The van der Waals surface area contributed by atoms with Gasteiger partial charge in [-0.1, -0.05) is 12.1 Å². The molecule has 1 saturated heterocycles. The van der Waals surface area contributed by atoms with Crippen LogP contribution < -0.4 is 5.73 Å². The van der Waals surface area contributed by atoms with Gasteiger partial charge in [-0.2, -0.15) is 0 Å². The fourth-order valence-corrected chi connectivity index (χ4v) is 3.06. The number of primary amides is 1. The summed E-state index contributed by atoms with van der Waals surface area (Å²) >= 11 is 0. The van der Waals surface area contributed by atoms with Crippen molar-refractivity contribution >= 4 is 11.8 Å². The number of hydrogen-bond donors (Lipinski definition) is 1. The number of carbonyl (C=O) groups is 2. The first-order chi connectivity index (χ1) is 9.68. The fourth-order valence-electron chi connectivity index (χ4n) is 3.06. The first-order valence-corrected chi connectivity index (χ1v) is 6.97. The van der Waals surface area contributed by atoms with Gasteiger partial charge in [0.05, 0.1) is 13.2 Å². The van der Waals surface area contributed by atoms with Gasteiger partial charge in [0, 0.05) is 12.1 Å². The van der Waals surface area contributed by atoms with E-state index in [0.717, 1.165) is 24.8 Å². The van der Waals surface area contributed by atoms with E-state index in [4.69, 9.17) is 10.5 Å². The van der Waals surface area contributed by atoms with E-state index in [9.17, 15) is 9.59 Å². The van der Waals surface area contributed by atoms with E-state index in [1.807, 2.05) is 12.1 Å². The van der Waals surface area contributed by atoms with Crippen molar-refractivity contribution in [3.8, 4) is 0 Å². The normalized spacial score (nSPS) is 21.6. The van der Waals surface area contributed by atoms with Gasteiger partial charge in [-0.3, -0.25) is 9.59 Å². The third kappa shape index (κ3) is 2.18. The lowest BCUT2D eigenvalue weighted by Gasteiger charge is -2.34. The van der Waals surface area contributed by atoms with Gasteiger partial charge in [0.2, 0.25) is 5.91 Å². The number of nitrogens with two attached hydrogens (primary N) is 1. The Balaban J connectivity index is 1.92. The van der Waals surface area contributed by atoms with E-state index >= 15 is 0 Å². The Bertz CT molecular complexity index is 556. The monoisotopic (exact) mass is 274 g/mol. The quantitative estimate of drug-likeness (QED) is 0.853. The highest BCUT2D eigenvalue weighted by Gasteiger charge is 2.33. The molecule has 5 nitrogen and oxygen atoms in total. The molecule has 1 aliphatic heterocycles. The van der Waals surface area contributed by atoms with Gasteiger partial charge in [-0.05, 0) is 36.5 Å². The van der Waals surface area contributed by atoms with Crippen LogP contribution in [0.1, 0.15) is 27.9 Å². The van der Waals surface area contributed by atoms with Gasteiger partial charge in [0.1, 0.15) is 6.04 Å². The molecule has 0 spiro atoms. The maximum atomic E-state index is 12.7. The molecule has 1 aromatic carbocycles. The third-order valence-corrected chi connectivity index (χ3v) is 4.09. The Kier molecular flexibility index (Phi) is 3.44. The van der Waals surface area contributed by atoms with Crippen molar-refractivity contribution in [1.29, 1.82) is 0 Å². The maximum absolute atomic E-state index is 12.7. The van der Waals surface area contributed by atoms with Crippen molar-refractivity contribution in [3.05, 3.63) is 34.9 Å². The Morgan fingerprint density at radius 2 is 2.15 bits per heavy atom. The minimum Gasteiger partial charge on any atom is -0.377 e. The van der Waals surface area contributed by atoms with E-state index in [-0.39, 0.29) is 12.5 Å². The number of hydrogen-bond acceptors (Lipinski definition) is 3. The second-order valence-electron chi connectivity index (χ2n) is 5.29. The molecule has 0 bridgehead atoms. The summed E-state index contributed by atoms with van der Waals surface area (Å²) in [5.41, 5.74) is 8.47. The summed E-state index contributed by atoms with van der Waals surface area (Å²) in [5.74, 6) is -0.610. The first kappa shape index (κ1) is 13.1. The number of ether oxygens (including phenoxy) is 1. The summed E-state index contributed by atoms with van der Waals surface area (Å²) in [6, 6.07) is 5.18. The average molecular weight is 274 g/mol. The van der Waals surface area contributed by atoms with Gasteiger partial charge < -0.3 is 15.4 Å². The van der Waals surface area contributed by atoms with Crippen molar-refractivity contribution in [2.24, 2.45) is 5.73 Å². The molecule has 0 unspecified atom stereocenters. The van der Waals surface area contributed by atoms with E-state index in [0.29, 0.717) is 18.7 Å². The summed E-state index contributed by atoms with van der Waals surface area (Å²) in [6.45, 7) is 1.05. The van der Waals surface area contributed by atoms with Gasteiger partial charge >= 0.3 is 0 Å². The maximum Gasteiger partial charge on any atom is 0.254 e. The van der Waals surface area contributed by atoms with E-state index in [1.165, 1.54) is 5.56 Å². The van der Waals surface area contributed by atoms with E-state index < -0.39 is 11.9 Å². The second-order valence-corrected chi connectivity index (χ2v) is 5.29. The highest BCUT2D eigenvalue weighted by molar-refractivity contribution is 5.99. The number of aryl methyl sites for hydroxylation is 1. The predicted octanol–water partition coefficient (Wildman–Crippen LogP) is 0.502. The van der Waals surface area contributed by atoms with E-state index in [2.05, 4.69) is 6.07 Å². The molecule has 1 aliphatic carbocycles. The minimum atomic E-state index is -0.659. The summed E-state index contributed by atoms with van der Waals surface area (Å²) in [7, 11) is 0. The predicted molar refractivity (Wildman–Crippen MR) is 73.3 cm³/mol. The highest BCUT2D eigenvalue weighted by Crippen LogP contribution is 2.26. The van der Waals surface area contributed by atoms with Crippen LogP contribution in [0, 0.1) is 0 Å². The van der Waals surface area contributed by atoms with Crippen LogP contribution in [0.3, 0.4) is 0 Å². The van der Waals surface area contributed by atoms with Gasteiger partial charge in [-0.25, -0.2) is 0 Å². The van der Waals surface area contributed by atoms with Crippen LogP contribution in [0.15, 0.2) is 18.2 Å². The number of fused-ring (bicyclic) bond motifs is 1. The summed E-state index contributed by atoms with van der Waals surface area (Å²) < 4.78 is 5.26. The third-order valence-electron chi connectivity index (χ3n) is 4.09. The lowest BCUT2D eigenvalue weighted by molar-refractivity contribution is -0.127.